The van der Waals surface area contributed by atoms with Gasteiger partial charge in [-0.25, -0.2) is 10.1 Å². The smallest absolute Gasteiger partial charge is 0.318 e. The fourth-order valence-corrected chi connectivity index (χ4v) is 3.25. The minimum Gasteiger partial charge on any atom is -0.318 e. The number of nitrogens with zero attached hydrogens (tertiary/aromatic N) is 3. The second-order valence-corrected chi connectivity index (χ2v) is 7.60. The van der Waals surface area contributed by atoms with Crippen molar-refractivity contribution in [2.75, 3.05) is 5.32 Å². The van der Waals surface area contributed by atoms with Gasteiger partial charge >= 0.3 is 11.8 Å². The van der Waals surface area contributed by atoms with E-state index in [4.69, 9.17) is 5.10 Å². The Kier molecular flexibility index (Phi) is 6.40. The van der Waals surface area contributed by atoms with Crippen LogP contribution in [0, 0.1) is 13.8 Å². The van der Waals surface area contributed by atoms with E-state index < -0.39 is 11.8 Å². The first-order valence-electron chi connectivity index (χ1n) is 10.4. The molecular weight excluding hydrogens is 414 g/mol. The summed E-state index contributed by atoms with van der Waals surface area (Å²) in [7, 11) is 0. The summed E-state index contributed by atoms with van der Waals surface area (Å²) < 4.78 is 1.75. The van der Waals surface area contributed by atoms with Crippen LogP contribution in [0.15, 0.2) is 90.2 Å². The van der Waals surface area contributed by atoms with E-state index in [0.717, 1.165) is 22.4 Å². The van der Waals surface area contributed by atoms with Gasteiger partial charge in [0, 0.05) is 23.0 Å². The standard InChI is InChI=1S/C26H23N5O2/c1-18-11-13-20(14-12-18)24-21(17-31(30-24)23-9-4-3-5-10-23)16-27-29-26(33)25(32)28-22-8-6-7-19(2)15-22/h3-17H,1-2H3,(H,28,32)(H,29,33). The first kappa shape index (κ1) is 21.7. The minimum atomic E-state index is -0.861. The van der Waals surface area contributed by atoms with Gasteiger partial charge < -0.3 is 5.32 Å². The van der Waals surface area contributed by atoms with E-state index >= 15 is 0 Å². The van der Waals surface area contributed by atoms with Crippen molar-refractivity contribution in [1.82, 2.24) is 15.2 Å². The summed E-state index contributed by atoms with van der Waals surface area (Å²) in [6, 6.07) is 24.9. The molecular formula is C26H23N5O2. The maximum atomic E-state index is 12.2. The molecule has 1 aromatic heterocycles. The number of para-hydroxylation sites is 1. The van der Waals surface area contributed by atoms with Gasteiger partial charge in [-0.3, -0.25) is 9.59 Å². The Morgan fingerprint density at radius 2 is 1.64 bits per heavy atom. The molecule has 2 amide bonds. The molecule has 1 heterocycles. The lowest BCUT2D eigenvalue weighted by atomic mass is 10.1. The fourth-order valence-electron chi connectivity index (χ4n) is 3.25. The first-order chi connectivity index (χ1) is 16.0. The van der Waals surface area contributed by atoms with E-state index in [1.165, 1.54) is 6.21 Å². The molecule has 0 aliphatic rings. The van der Waals surface area contributed by atoms with Crippen LogP contribution in [0.5, 0.6) is 0 Å². The van der Waals surface area contributed by atoms with Gasteiger partial charge in [0.05, 0.1) is 11.9 Å². The number of amides is 2. The highest BCUT2D eigenvalue weighted by Gasteiger charge is 2.14. The van der Waals surface area contributed by atoms with E-state index in [0.29, 0.717) is 16.9 Å². The van der Waals surface area contributed by atoms with Gasteiger partial charge in [-0.05, 0) is 43.7 Å². The average molecular weight is 438 g/mol. The molecule has 33 heavy (non-hydrogen) atoms. The molecule has 0 saturated heterocycles. The third-order valence-electron chi connectivity index (χ3n) is 4.94. The van der Waals surface area contributed by atoms with Crippen molar-refractivity contribution in [2.45, 2.75) is 13.8 Å². The lowest BCUT2D eigenvalue weighted by Crippen LogP contribution is -2.32. The van der Waals surface area contributed by atoms with E-state index in [9.17, 15) is 9.59 Å². The Bertz CT molecular complexity index is 1310. The number of aryl methyl sites for hydroxylation is 2. The summed E-state index contributed by atoms with van der Waals surface area (Å²) in [5.41, 5.74) is 8.17. The van der Waals surface area contributed by atoms with Crippen LogP contribution < -0.4 is 10.7 Å². The van der Waals surface area contributed by atoms with Crippen molar-refractivity contribution in [2.24, 2.45) is 5.10 Å². The van der Waals surface area contributed by atoms with Crippen LogP contribution >= 0.6 is 0 Å². The van der Waals surface area contributed by atoms with Crippen LogP contribution in [-0.4, -0.2) is 27.8 Å². The van der Waals surface area contributed by atoms with Gasteiger partial charge in [0.25, 0.3) is 0 Å². The zero-order chi connectivity index (χ0) is 23.2. The van der Waals surface area contributed by atoms with Crippen molar-refractivity contribution in [1.29, 1.82) is 0 Å². The summed E-state index contributed by atoms with van der Waals surface area (Å²) in [6.07, 6.45) is 3.31. The maximum absolute atomic E-state index is 12.2. The van der Waals surface area contributed by atoms with E-state index in [2.05, 4.69) is 15.8 Å². The van der Waals surface area contributed by atoms with Crippen molar-refractivity contribution in [3.8, 4) is 16.9 Å². The van der Waals surface area contributed by atoms with E-state index in [-0.39, 0.29) is 0 Å². The van der Waals surface area contributed by atoms with Crippen molar-refractivity contribution in [3.05, 3.63) is 102 Å². The van der Waals surface area contributed by atoms with Gasteiger partial charge in [-0.15, -0.1) is 0 Å². The number of rotatable bonds is 5. The molecule has 0 bridgehead atoms. The second kappa shape index (κ2) is 9.74. The molecule has 7 nitrogen and oxygen atoms in total. The Labute approximate surface area is 191 Å². The number of hydrazone groups is 1. The molecule has 0 unspecified atom stereocenters. The normalized spacial score (nSPS) is 10.8. The number of nitrogens with one attached hydrogen (secondary N) is 2. The van der Waals surface area contributed by atoms with Gasteiger partial charge in [-0.2, -0.15) is 10.2 Å². The van der Waals surface area contributed by atoms with Crippen LogP contribution in [-0.2, 0) is 9.59 Å². The molecule has 0 saturated carbocycles. The van der Waals surface area contributed by atoms with E-state index in [1.807, 2.05) is 80.7 Å². The molecule has 164 valence electrons. The van der Waals surface area contributed by atoms with Crippen LogP contribution in [0.2, 0.25) is 0 Å². The Balaban J connectivity index is 1.53. The number of carbonyl (C=O) groups is 2. The number of hydrogen-bond donors (Lipinski definition) is 2. The molecule has 0 radical (unpaired) electrons. The fraction of sp³-hybridized carbons (Fsp3) is 0.0769. The van der Waals surface area contributed by atoms with Crippen LogP contribution in [0.1, 0.15) is 16.7 Å². The highest BCUT2D eigenvalue weighted by atomic mass is 16.2. The molecule has 0 aliphatic heterocycles. The number of benzene rings is 3. The molecule has 7 heteroatoms. The largest absolute Gasteiger partial charge is 0.329 e. The summed E-state index contributed by atoms with van der Waals surface area (Å²) in [5, 5.41) is 11.3. The summed E-state index contributed by atoms with van der Waals surface area (Å²) in [6.45, 7) is 3.92. The molecule has 2 N–H and O–H groups in total. The Morgan fingerprint density at radius 1 is 0.879 bits per heavy atom. The highest BCUT2D eigenvalue weighted by molar-refractivity contribution is 6.39. The number of carbonyl (C=O) groups excluding carboxylic acids is 2. The van der Waals surface area contributed by atoms with E-state index in [1.54, 1.807) is 22.9 Å². The van der Waals surface area contributed by atoms with Gasteiger partial charge in [-0.1, -0.05) is 60.2 Å². The third-order valence-corrected chi connectivity index (χ3v) is 4.94. The number of anilines is 1. The molecule has 0 atom stereocenters. The SMILES string of the molecule is Cc1ccc(-c2nn(-c3ccccc3)cc2C=NNC(=O)C(=O)Nc2cccc(C)c2)cc1. The highest BCUT2D eigenvalue weighted by Crippen LogP contribution is 2.23. The van der Waals surface area contributed by atoms with Gasteiger partial charge in [0.15, 0.2) is 0 Å². The van der Waals surface area contributed by atoms with Crippen molar-refractivity contribution < 1.29 is 9.59 Å². The molecule has 0 spiro atoms. The zero-order valence-electron chi connectivity index (χ0n) is 18.3. The lowest BCUT2D eigenvalue weighted by molar-refractivity contribution is -0.136. The Hall–Kier alpha value is -4.52. The lowest BCUT2D eigenvalue weighted by Gasteiger charge is -2.04. The van der Waals surface area contributed by atoms with Crippen LogP contribution in [0.4, 0.5) is 5.69 Å². The molecule has 0 fully saturated rings. The monoisotopic (exact) mass is 437 g/mol. The molecule has 0 aliphatic carbocycles. The Morgan fingerprint density at radius 3 is 2.36 bits per heavy atom. The predicted octanol–water partition coefficient (Wildman–Crippen LogP) is 4.24. The summed E-state index contributed by atoms with van der Waals surface area (Å²) in [5.74, 6) is -1.66. The second-order valence-electron chi connectivity index (χ2n) is 7.60. The van der Waals surface area contributed by atoms with Crippen molar-refractivity contribution >= 4 is 23.7 Å². The van der Waals surface area contributed by atoms with Gasteiger partial charge in [0.2, 0.25) is 0 Å². The number of aromatic nitrogens is 2. The van der Waals surface area contributed by atoms with Crippen molar-refractivity contribution in [3.63, 3.8) is 0 Å². The van der Waals surface area contributed by atoms with Crippen LogP contribution in [0.3, 0.4) is 0 Å². The molecule has 3 aromatic carbocycles. The minimum absolute atomic E-state index is 0.546. The maximum Gasteiger partial charge on any atom is 0.329 e. The average Bonchev–Trinajstić information content (AvgIpc) is 3.24. The molecule has 4 rings (SSSR count). The molecule has 4 aromatic rings. The third kappa shape index (κ3) is 5.40. The summed E-state index contributed by atoms with van der Waals surface area (Å²) >= 11 is 0. The quantitative estimate of drug-likeness (QED) is 0.278. The summed E-state index contributed by atoms with van der Waals surface area (Å²) in [4.78, 5) is 24.3. The predicted molar refractivity (Wildman–Crippen MR) is 129 cm³/mol. The van der Waals surface area contributed by atoms with Crippen LogP contribution in [0.25, 0.3) is 16.9 Å². The number of hydrogen-bond acceptors (Lipinski definition) is 4. The zero-order valence-corrected chi connectivity index (χ0v) is 18.3. The first-order valence-corrected chi connectivity index (χ1v) is 10.4. The van der Waals surface area contributed by atoms with Gasteiger partial charge in [0.1, 0.15) is 5.69 Å². The topological polar surface area (TPSA) is 88.4 Å².